The molecule has 0 aliphatic rings. The molecule has 1 unspecified atom stereocenters. The highest BCUT2D eigenvalue weighted by atomic mass is 35.5. The zero-order chi connectivity index (χ0) is 20.4. The minimum Gasteiger partial charge on any atom is -0.451 e. The average Bonchev–Trinajstić information content (AvgIpc) is 3.08. The van der Waals surface area contributed by atoms with E-state index in [2.05, 4.69) is 10.3 Å². The first-order valence-corrected chi connectivity index (χ1v) is 9.62. The SMILES string of the molecule is CC(NC(=O)COC(=O)c1[nH]c2ccccc2c1Cl)c1cccc2ccccc12. The molecular formula is C23H19ClN2O3. The Bertz CT molecular complexity index is 1210. The van der Waals surface area contributed by atoms with Crippen LogP contribution in [0.3, 0.4) is 0 Å². The average molecular weight is 407 g/mol. The van der Waals surface area contributed by atoms with Crippen LogP contribution in [0, 0.1) is 0 Å². The van der Waals surface area contributed by atoms with Crippen molar-refractivity contribution in [3.63, 3.8) is 0 Å². The van der Waals surface area contributed by atoms with Gasteiger partial charge >= 0.3 is 5.97 Å². The lowest BCUT2D eigenvalue weighted by atomic mass is 10.00. The van der Waals surface area contributed by atoms with Crippen molar-refractivity contribution in [2.45, 2.75) is 13.0 Å². The van der Waals surface area contributed by atoms with E-state index in [0.29, 0.717) is 0 Å². The first-order chi connectivity index (χ1) is 14.0. The van der Waals surface area contributed by atoms with Crippen molar-refractivity contribution in [3.05, 3.63) is 83.0 Å². The van der Waals surface area contributed by atoms with Crippen LogP contribution in [0.4, 0.5) is 0 Å². The van der Waals surface area contributed by atoms with E-state index in [0.717, 1.165) is 27.2 Å². The number of rotatable bonds is 5. The lowest BCUT2D eigenvalue weighted by Gasteiger charge is -2.16. The van der Waals surface area contributed by atoms with Crippen LogP contribution in [0.5, 0.6) is 0 Å². The Kier molecular flexibility index (Phi) is 5.23. The minimum absolute atomic E-state index is 0.141. The number of aromatic amines is 1. The van der Waals surface area contributed by atoms with Crippen LogP contribution in [0.1, 0.15) is 29.0 Å². The highest BCUT2D eigenvalue weighted by Gasteiger charge is 2.19. The van der Waals surface area contributed by atoms with E-state index < -0.39 is 5.97 Å². The van der Waals surface area contributed by atoms with Gasteiger partial charge in [-0.15, -0.1) is 0 Å². The van der Waals surface area contributed by atoms with Gasteiger partial charge in [0.25, 0.3) is 5.91 Å². The van der Waals surface area contributed by atoms with Gasteiger partial charge in [0.05, 0.1) is 11.1 Å². The molecule has 146 valence electrons. The first kappa shape index (κ1) is 19.0. The third-order valence-corrected chi connectivity index (χ3v) is 5.24. The first-order valence-electron chi connectivity index (χ1n) is 9.25. The van der Waals surface area contributed by atoms with Gasteiger partial charge in [0, 0.05) is 10.9 Å². The van der Waals surface area contributed by atoms with Crippen LogP contribution in [0.2, 0.25) is 5.02 Å². The van der Waals surface area contributed by atoms with Gasteiger partial charge in [-0.1, -0.05) is 72.3 Å². The molecule has 0 spiro atoms. The van der Waals surface area contributed by atoms with Gasteiger partial charge in [0.1, 0.15) is 5.69 Å². The molecule has 1 aromatic heterocycles. The van der Waals surface area contributed by atoms with E-state index in [4.69, 9.17) is 16.3 Å². The summed E-state index contributed by atoms with van der Waals surface area (Å²) >= 11 is 6.25. The van der Waals surface area contributed by atoms with Crippen molar-refractivity contribution in [2.75, 3.05) is 6.61 Å². The summed E-state index contributed by atoms with van der Waals surface area (Å²) in [5, 5.41) is 6.07. The molecule has 1 atom stereocenters. The summed E-state index contributed by atoms with van der Waals surface area (Å²) in [5.41, 5.74) is 1.88. The Morgan fingerprint density at radius 2 is 1.69 bits per heavy atom. The molecule has 0 saturated carbocycles. The van der Waals surface area contributed by atoms with E-state index >= 15 is 0 Å². The summed E-state index contributed by atoms with van der Waals surface area (Å²) in [4.78, 5) is 27.6. The molecular weight excluding hydrogens is 388 g/mol. The smallest absolute Gasteiger partial charge is 0.356 e. The molecule has 0 bridgehead atoms. The maximum atomic E-state index is 12.4. The van der Waals surface area contributed by atoms with Crippen molar-refractivity contribution < 1.29 is 14.3 Å². The number of carbonyl (C=O) groups excluding carboxylic acids is 2. The molecule has 0 aliphatic heterocycles. The number of fused-ring (bicyclic) bond motifs is 2. The Morgan fingerprint density at radius 1 is 1.00 bits per heavy atom. The van der Waals surface area contributed by atoms with E-state index in [1.54, 1.807) is 0 Å². The number of amides is 1. The summed E-state index contributed by atoms with van der Waals surface area (Å²) in [7, 11) is 0. The third-order valence-electron chi connectivity index (χ3n) is 4.85. The van der Waals surface area contributed by atoms with E-state index in [-0.39, 0.29) is 29.3 Å². The monoisotopic (exact) mass is 406 g/mol. The molecule has 4 aromatic rings. The molecule has 0 aliphatic carbocycles. The predicted octanol–water partition coefficient (Wildman–Crippen LogP) is 5.01. The highest BCUT2D eigenvalue weighted by molar-refractivity contribution is 6.38. The van der Waals surface area contributed by atoms with E-state index in [9.17, 15) is 9.59 Å². The molecule has 29 heavy (non-hydrogen) atoms. The van der Waals surface area contributed by atoms with Crippen molar-refractivity contribution in [1.29, 1.82) is 0 Å². The summed E-state index contributed by atoms with van der Waals surface area (Å²) in [5.74, 6) is -1.05. The molecule has 5 nitrogen and oxygen atoms in total. The fourth-order valence-corrected chi connectivity index (χ4v) is 3.73. The number of esters is 1. The van der Waals surface area contributed by atoms with Gasteiger partial charge in [-0.25, -0.2) is 4.79 Å². The van der Waals surface area contributed by atoms with Crippen LogP contribution in [0.15, 0.2) is 66.7 Å². The number of carbonyl (C=O) groups is 2. The second-order valence-corrected chi connectivity index (χ2v) is 7.17. The van der Waals surface area contributed by atoms with Crippen LogP contribution in [-0.4, -0.2) is 23.5 Å². The quantitative estimate of drug-likeness (QED) is 0.458. The summed E-state index contributed by atoms with van der Waals surface area (Å²) < 4.78 is 5.16. The zero-order valence-electron chi connectivity index (χ0n) is 15.7. The van der Waals surface area contributed by atoms with Crippen LogP contribution in [0.25, 0.3) is 21.7 Å². The summed E-state index contributed by atoms with van der Waals surface area (Å²) in [6.45, 7) is 1.51. The number of ether oxygens (including phenoxy) is 1. The van der Waals surface area contributed by atoms with Gasteiger partial charge in [0.2, 0.25) is 0 Å². The van der Waals surface area contributed by atoms with Gasteiger partial charge in [-0.05, 0) is 29.3 Å². The van der Waals surface area contributed by atoms with Crippen LogP contribution >= 0.6 is 11.6 Å². The molecule has 1 heterocycles. The molecule has 0 saturated heterocycles. The number of H-pyrrole nitrogens is 1. The number of benzene rings is 3. The maximum absolute atomic E-state index is 12.4. The zero-order valence-corrected chi connectivity index (χ0v) is 16.5. The molecule has 6 heteroatoms. The fraction of sp³-hybridized carbons (Fsp3) is 0.130. The molecule has 4 rings (SSSR count). The minimum atomic E-state index is -0.667. The van der Waals surface area contributed by atoms with Gasteiger partial charge in [0.15, 0.2) is 6.61 Å². The molecule has 2 N–H and O–H groups in total. The Hall–Kier alpha value is -3.31. The summed E-state index contributed by atoms with van der Waals surface area (Å²) in [6.07, 6.45) is 0. The van der Waals surface area contributed by atoms with Crippen molar-refractivity contribution in [2.24, 2.45) is 0 Å². The lowest BCUT2D eigenvalue weighted by molar-refractivity contribution is -0.124. The number of hydrogen-bond acceptors (Lipinski definition) is 3. The van der Waals surface area contributed by atoms with Crippen LogP contribution < -0.4 is 5.32 Å². The van der Waals surface area contributed by atoms with Crippen LogP contribution in [-0.2, 0) is 9.53 Å². The number of nitrogens with one attached hydrogen (secondary N) is 2. The van der Waals surface area contributed by atoms with Gasteiger partial charge in [-0.3, -0.25) is 4.79 Å². The highest BCUT2D eigenvalue weighted by Crippen LogP contribution is 2.27. The van der Waals surface area contributed by atoms with Crippen molar-refractivity contribution >= 4 is 45.2 Å². The number of hydrogen-bond donors (Lipinski definition) is 2. The van der Waals surface area contributed by atoms with Gasteiger partial charge in [-0.2, -0.15) is 0 Å². The molecule has 1 amide bonds. The van der Waals surface area contributed by atoms with Crippen molar-refractivity contribution in [3.8, 4) is 0 Å². The molecule has 0 radical (unpaired) electrons. The normalized spacial score (nSPS) is 12.1. The maximum Gasteiger partial charge on any atom is 0.356 e. The number of para-hydroxylation sites is 1. The topological polar surface area (TPSA) is 71.2 Å². The lowest BCUT2D eigenvalue weighted by Crippen LogP contribution is -2.31. The third kappa shape index (κ3) is 3.82. The predicted molar refractivity (Wildman–Crippen MR) is 114 cm³/mol. The Labute approximate surface area is 172 Å². The van der Waals surface area contributed by atoms with E-state index in [1.807, 2.05) is 73.7 Å². The Balaban J connectivity index is 1.41. The molecule has 3 aromatic carbocycles. The Morgan fingerprint density at radius 3 is 2.48 bits per heavy atom. The molecule has 0 fully saturated rings. The number of aromatic nitrogens is 1. The van der Waals surface area contributed by atoms with E-state index in [1.165, 1.54) is 0 Å². The fourth-order valence-electron chi connectivity index (χ4n) is 3.44. The second kappa shape index (κ2) is 7.97. The summed E-state index contributed by atoms with van der Waals surface area (Å²) in [6, 6.07) is 21.0. The van der Waals surface area contributed by atoms with Crippen molar-refractivity contribution in [1.82, 2.24) is 10.3 Å². The van der Waals surface area contributed by atoms with Gasteiger partial charge < -0.3 is 15.0 Å². The largest absolute Gasteiger partial charge is 0.451 e. The standard InChI is InChI=1S/C23H19ClN2O3/c1-14(16-11-6-8-15-7-2-3-9-17(15)16)25-20(27)13-29-23(28)22-21(24)18-10-4-5-12-19(18)26-22/h2-12,14,26H,13H2,1H3,(H,25,27). The second-order valence-electron chi connectivity index (χ2n) is 6.79. The number of halogens is 1.